The minimum Gasteiger partial charge on any atom is -0.459 e. The number of furan rings is 1. The molecule has 0 unspecified atom stereocenters. The van der Waals surface area contributed by atoms with Crippen LogP contribution in [0.4, 0.5) is 5.69 Å². The van der Waals surface area contributed by atoms with Crippen LogP contribution in [0.1, 0.15) is 10.6 Å². The minimum atomic E-state index is -0.268. The maximum absolute atomic E-state index is 11.9. The van der Waals surface area contributed by atoms with Gasteiger partial charge in [0.15, 0.2) is 5.76 Å². The van der Waals surface area contributed by atoms with Gasteiger partial charge >= 0.3 is 0 Å². The molecule has 1 amide bonds. The highest BCUT2D eigenvalue weighted by Crippen LogP contribution is 2.21. The lowest BCUT2D eigenvalue weighted by atomic mass is 10.1. The number of imidazole rings is 1. The van der Waals surface area contributed by atoms with Crippen molar-refractivity contribution in [1.82, 2.24) is 9.38 Å². The van der Waals surface area contributed by atoms with Gasteiger partial charge in [0.05, 0.1) is 12.0 Å². The van der Waals surface area contributed by atoms with Crippen molar-refractivity contribution < 1.29 is 9.21 Å². The summed E-state index contributed by atoms with van der Waals surface area (Å²) in [4.78, 5) is 16.5. The van der Waals surface area contributed by atoms with Crippen LogP contribution in [-0.2, 0) is 0 Å². The molecule has 0 bridgehead atoms. The highest BCUT2D eigenvalue weighted by Gasteiger charge is 2.09. The molecule has 4 rings (SSSR count). The monoisotopic (exact) mass is 303 g/mol. The van der Waals surface area contributed by atoms with Crippen molar-refractivity contribution in [2.75, 3.05) is 5.32 Å². The molecule has 0 aliphatic carbocycles. The predicted molar refractivity (Wildman–Crippen MR) is 87.3 cm³/mol. The lowest BCUT2D eigenvalue weighted by Crippen LogP contribution is -2.10. The van der Waals surface area contributed by atoms with E-state index in [0.717, 1.165) is 16.9 Å². The second kappa shape index (κ2) is 5.46. The number of hydrogen-bond acceptors (Lipinski definition) is 3. The average Bonchev–Trinajstić information content (AvgIpc) is 3.25. The molecule has 4 aromatic rings. The van der Waals surface area contributed by atoms with E-state index in [1.807, 2.05) is 59.3 Å². The first-order valence-corrected chi connectivity index (χ1v) is 7.19. The molecule has 0 spiro atoms. The Kier molecular flexibility index (Phi) is 3.16. The first-order valence-electron chi connectivity index (χ1n) is 7.19. The van der Waals surface area contributed by atoms with Gasteiger partial charge in [-0.05, 0) is 36.4 Å². The Bertz CT molecular complexity index is 921. The summed E-state index contributed by atoms with van der Waals surface area (Å²) in [6, 6.07) is 16.7. The highest BCUT2D eigenvalue weighted by atomic mass is 16.3. The van der Waals surface area contributed by atoms with E-state index in [0.29, 0.717) is 5.69 Å². The van der Waals surface area contributed by atoms with Crippen LogP contribution in [0.25, 0.3) is 16.9 Å². The molecular weight excluding hydrogens is 290 g/mol. The lowest BCUT2D eigenvalue weighted by molar-refractivity contribution is 0.0996. The van der Waals surface area contributed by atoms with Gasteiger partial charge in [-0.2, -0.15) is 0 Å². The van der Waals surface area contributed by atoms with Crippen molar-refractivity contribution in [2.45, 2.75) is 0 Å². The van der Waals surface area contributed by atoms with Crippen molar-refractivity contribution in [2.24, 2.45) is 0 Å². The molecule has 0 saturated carbocycles. The third kappa shape index (κ3) is 2.60. The second-order valence-corrected chi connectivity index (χ2v) is 5.10. The van der Waals surface area contributed by atoms with Crippen molar-refractivity contribution >= 4 is 17.2 Å². The molecule has 1 N–H and O–H groups in total. The number of nitrogens with one attached hydrogen (secondary N) is 1. The lowest BCUT2D eigenvalue weighted by Gasteiger charge is -2.04. The number of hydrogen-bond donors (Lipinski definition) is 1. The molecule has 0 aliphatic rings. The third-order valence-corrected chi connectivity index (χ3v) is 3.55. The maximum atomic E-state index is 11.9. The van der Waals surface area contributed by atoms with E-state index >= 15 is 0 Å². The SMILES string of the molecule is O=C(Nc1ccc(-c2cn3ccccc3n2)cc1)c1ccco1. The molecule has 0 radical (unpaired) electrons. The Hall–Kier alpha value is -3.34. The molecule has 112 valence electrons. The van der Waals surface area contributed by atoms with Crippen molar-refractivity contribution in [3.63, 3.8) is 0 Å². The molecule has 3 aromatic heterocycles. The Labute approximate surface area is 132 Å². The highest BCUT2D eigenvalue weighted by molar-refractivity contribution is 6.02. The number of amides is 1. The van der Waals surface area contributed by atoms with E-state index in [9.17, 15) is 4.79 Å². The minimum absolute atomic E-state index is 0.268. The second-order valence-electron chi connectivity index (χ2n) is 5.10. The van der Waals surface area contributed by atoms with E-state index in [2.05, 4.69) is 10.3 Å². The number of aromatic nitrogens is 2. The number of nitrogens with zero attached hydrogens (tertiary/aromatic N) is 2. The summed E-state index contributed by atoms with van der Waals surface area (Å²) < 4.78 is 7.04. The fraction of sp³-hybridized carbons (Fsp3) is 0. The number of anilines is 1. The quantitative estimate of drug-likeness (QED) is 0.625. The molecule has 5 nitrogen and oxygen atoms in total. The molecule has 0 fully saturated rings. The number of carbonyl (C=O) groups is 1. The van der Waals surface area contributed by atoms with Crippen LogP contribution in [0.5, 0.6) is 0 Å². The zero-order valence-electron chi connectivity index (χ0n) is 12.1. The summed E-state index contributed by atoms with van der Waals surface area (Å²) in [6.45, 7) is 0. The number of fused-ring (bicyclic) bond motifs is 1. The van der Waals surface area contributed by atoms with Crippen LogP contribution in [0.3, 0.4) is 0 Å². The van der Waals surface area contributed by atoms with Crippen LogP contribution in [0.2, 0.25) is 0 Å². The van der Waals surface area contributed by atoms with Crippen molar-refractivity contribution in [3.05, 3.63) is 79.0 Å². The van der Waals surface area contributed by atoms with E-state index < -0.39 is 0 Å². The Morgan fingerprint density at radius 1 is 1.04 bits per heavy atom. The standard InChI is InChI=1S/C18H13N3O2/c22-18(16-4-3-11-23-16)19-14-8-6-13(7-9-14)15-12-21-10-2-1-5-17(21)20-15/h1-12H,(H,19,22). The molecule has 5 heteroatoms. The maximum Gasteiger partial charge on any atom is 0.291 e. The van der Waals surface area contributed by atoms with Gasteiger partial charge in [0.2, 0.25) is 0 Å². The molecular formula is C18H13N3O2. The normalized spacial score (nSPS) is 10.8. The summed E-state index contributed by atoms with van der Waals surface area (Å²) in [5.41, 5.74) is 3.49. The predicted octanol–water partition coefficient (Wildman–Crippen LogP) is 3.85. The van der Waals surface area contributed by atoms with Gasteiger partial charge in [-0.1, -0.05) is 18.2 Å². The third-order valence-electron chi connectivity index (χ3n) is 3.55. The Balaban J connectivity index is 1.57. The van der Waals surface area contributed by atoms with Crippen LogP contribution in [0, 0.1) is 0 Å². The van der Waals surface area contributed by atoms with Crippen LogP contribution in [-0.4, -0.2) is 15.3 Å². The van der Waals surface area contributed by atoms with Gasteiger partial charge in [0.1, 0.15) is 5.65 Å². The number of benzene rings is 1. The summed E-state index contributed by atoms with van der Waals surface area (Å²) in [5.74, 6) is 0.0184. The Morgan fingerprint density at radius 3 is 2.65 bits per heavy atom. The molecule has 0 aliphatic heterocycles. The molecule has 3 heterocycles. The van der Waals surface area contributed by atoms with E-state index in [1.54, 1.807) is 12.1 Å². The van der Waals surface area contributed by atoms with Gasteiger partial charge in [-0.25, -0.2) is 4.98 Å². The molecule has 0 atom stereocenters. The number of pyridine rings is 1. The smallest absolute Gasteiger partial charge is 0.291 e. The van der Waals surface area contributed by atoms with Crippen molar-refractivity contribution in [1.29, 1.82) is 0 Å². The molecule has 23 heavy (non-hydrogen) atoms. The number of rotatable bonds is 3. The number of carbonyl (C=O) groups excluding carboxylic acids is 1. The largest absolute Gasteiger partial charge is 0.459 e. The zero-order valence-corrected chi connectivity index (χ0v) is 12.1. The fourth-order valence-electron chi connectivity index (χ4n) is 2.40. The first-order chi connectivity index (χ1) is 11.3. The van der Waals surface area contributed by atoms with E-state index in [1.165, 1.54) is 6.26 Å². The fourth-order valence-corrected chi connectivity index (χ4v) is 2.40. The molecule has 0 saturated heterocycles. The van der Waals surface area contributed by atoms with E-state index in [4.69, 9.17) is 4.42 Å². The van der Waals surface area contributed by atoms with Gasteiger partial charge in [-0.3, -0.25) is 4.79 Å². The van der Waals surface area contributed by atoms with Gasteiger partial charge in [0, 0.05) is 23.6 Å². The van der Waals surface area contributed by atoms with Crippen LogP contribution >= 0.6 is 0 Å². The van der Waals surface area contributed by atoms with Gasteiger partial charge in [0.25, 0.3) is 5.91 Å². The first kappa shape index (κ1) is 13.3. The Morgan fingerprint density at radius 2 is 1.91 bits per heavy atom. The van der Waals surface area contributed by atoms with E-state index in [-0.39, 0.29) is 11.7 Å². The van der Waals surface area contributed by atoms with Gasteiger partial charge in [-0.15, -0.1) is 0 Å². The van der Waals surface area contributed by atoms with Gasteiger partial charge < -0.3 is 14.1 Å². The van der Waals surface area contributed by atoms with Crippen LogP contribution in [0.15, 0.2) is 77.7 Å². The molecule has 1 aromatic carbocycles. The summed E-state index contributed by atoms with van der Waals surface area (Å²) >= 11 is 0. The topological polar surface area (TPSA) is 59.5 Å². The average molecular weight is 303 g/mol. The summed E-state index contributed by atoms with van der Waals surface area (Å²) in [6.07, 6.45) is 5.41. The van der Waals surface area contributed by atoms with Crippen molar-refractivity contribution in [3.8, 4) is 11.3 Å². The summed E-state index contributed by atoms with van der Waals surface area (Å²) in [5, 5.41) is 2.79. The van der Waals surface area contributed by atoms with Crippen LogP contribution < -0.4 is 5.32 Å². The zero-order chi connectivity index (χ0) is 15.6. The summed E-state index contributed by atoms with van der Waals surface area (Å²) in [7, 11) is 0.